The second kappa shape index (κ2) is 4.45. The molecule has 1 heterocycles. The van der Waals surface area contributed by atoms with E-state index < -0.39 is 0 Å². The molecule has 1 aliphatic rings. The summed E-state index contributed by atoms with van der Waals surface area (Å²) in [6.07, 6.45) is 5.64. The van der Waals surface area contributed by atoms with Crippen molar-refractivity contribution in [2.24, 2.45) is 5.92 Å². The average molecular weight is 277 g/mol. The van der Waals surface area contributed by atoms with Crippen LogP contribution in [0.25, 0.3) is 0 Å². The first-order chi connectivity index (χ1) is 6.75. The number of aromatic nitrogens is 2. The maximum absolute atomic E-state index is 5.69. The van der Waals surface area contributed by atoms with Crippen LogP contribution >= 0.6 is 27.5 Å². The number of rotatable bonds is 4. The van der Waals surface area contributed by atoms with Crippen LogP contribution in [0.15, 0.2) is 10.7 Å². The zero-order chi connectivity index (χ0) is 9.97. The Morgan fingerprint density at radius 3 is 3.07 bits per heavy atom. The van der Waals surface area contributed by atoms with E-state index in [0.717, 1.165) is 22.8 Å². The van der Waals surface area contributed by atoms with Crippen molar-refractivity contribution in [1.82, 2.24) is 9.97 Å². The zero-order valence-electron chi connectivity index (χ0n) is 7.63. The zero-order valence-corrected chi connectivity index (χ0v) is 9.98. The van der Waals surface area contributed by atoms with Crippen molar-refractivity contribution in [3.63, 3.8) is 0 Å². The van der Waals surface area contributed by atoms with Gasteiger partial charge in [0.15, 0.2) is 0 Å². The number of hydrogen-bond donors (Lipinski definition) is 1. The summed E-state index contributed by atoms with van der Waals surface area (Å²) in [5.74, 6) is 1.71. The Morgan fingerprint density at radius 2 is 2.36 bits per heavy atom. The van der Waals surface area contributed by atoms with Crippen LogP contribution in [-0.4, -0.2) is 16.5 Å². The van der Waals surface area contributed by atoms with Gasteiger partial charge in [-0.15, -0.1) is 0 Å². The predicted molar refractivity (Wildman–Crippen MR) is 60.6 cm³/mol. The van der Waals surface area contributed by atoms with Gasteiger partial charge in [0.05, 0.1) is 4.47 Å². The molecule has 0 unspecified atom stereocenters. The second-order valence-corrected chi connectivity index (χ2v) is 4.69. The van der Waals surface area contributed by atoms with Gasteiger partial charge in [0.2, 0.25) is 5.28 Å². The maximum Gasteiger partial charge on any atom is 0.224 e. The highest BCUT2D eigenvalue weighted by Gasteiger charge is 2.20. The summed E-state index contributed by atoms with van der Waals surface area (Å²) in [7, 11) is 0. The van der Waals surface area contributed by atoms with E-state index in [4.69, 9.17) is 11.6 Å². The van der Waals surface area contributed by atoms with Gasteiger partial charge in [-0.2, -0.15) is 4.98 Å². The van der Waals surface area contributed by atoms with Crippen LogP contribution in [-0.2, 0) is 0 Å². The van der Waals surface area contributed by atoms with Crippen molar-refractivity contribution in [1.29, 1.82) is 0 Å². The lowest BCUT2D eigenvalue weighted by Crippen LogP contribution is -2.05. The summed E-state index contributed by atoms with van der Waals surface area (Å²) >= 11 is 9.05. The van der Waals surface area contributed by atoms with Gasteiger partial charge in [-0.1, -0.05) is 12.8 Å². The molecular weight excluding hydrogens is 265 g/mol. The average Bonchev–Trinajstić information content (AvgIpc) is 2.95. The first kappa shape index (κ1) is 10.2. The van der Waals surface area contributed by atoms with E-state index in [1.165, 1.54) is 19.3 Å². The standard InChI is InChI=1S/C9H11BrClN3/c10-7-5-13-9(11)14-8(7)12-4-3-6-1-2-6/h5-6H,1-4H2,(H,12,13,14). The molecule has 1 aliphatic carbocycles. The molecule has 1 N–H and O–H groups in total. The lowest BCUT2D eigenvalue weighted by Gasteiger charge is -2.06. The van der Waals surface area contributed by atoms with Gasteiger partial charge in [0.1, 0.15) is 5.82 Å². The highest BCUT2D eigenvalue weighted by Crippen LogP contribution is 2.32. The Morgan fingerprint density at radius 1 is 1.57 bits per heavy atom. The molecule has 1 fully saturated rings. The number of hydrogen-bond acceptors (Lipinski definition) is 3. The van der Waals surface area contributed by atoms with E-state index in [1.54, 1.807) is 6.20 Å². The topological polar surface area (TPSA) is 37.8 Å². The van der Waals surface area contributed by atoms with Crippen molar-refractivity contribution in [2.75, 3.05) is 11.9 Å². The molecule has 0 radical (unpaired) electrons. The van der Waals surface area contributed by atoms with Crippen LogP contribution in [0.4, 0.5) is 5.82 Å². The van der Waals surface area contributed by atoms with Gasteiger partial charge in [0, 0.05) is 12.7 Å². The van der Waals surface area contributed by atoms with Crippen molar-refractivity contribution in [3.8, 4) is 0 Å². The number of anilines is 1. The summed E-state index contributed by atoms with van der Waals surface area (Å²) in [6.45, 7) is 0.955. The van der Waals surface area contributed by atoms with E-state index in [2.05, 4.69) is 31.2 Å². The molecule has 5 heteroatoms. The van der Waals surface area contributed by atoms with E-state index in [0.29, 0.717) is 0 Å². The van der Waals surface area contributed by atoms with Crippen molar-refractivity contribution in [2.45, 2.75) is 19.3 Å². The fraction of sp³-hybridized carbons (Fsp3) is 0.556. The van der Waals surface area contributed by atoms with Gasteiger partial charge in [-0.3, -0.25) is 0 Å². The Labute approximate surface area is 96.4 Å². The third-order valence-electron chi connectivity index (χ3n) is 2.26. The molecule has 3 nitrogen and oxygen atoms in total. The summed E-state index contributed by atoms with van der Waals surface area (Å²) in [4.78, 5) is 7.95. The lowest BCUT2D eigenvalue weighted by molar-refractivity contribution is 0.757. The van der Waals surface area contributed by atoms with Crippen molar-refractivity contribution < 1.29 is 0 Å². The molecule has 1 aromatic rings. The molecule has 1 aromatic heterocycles. The number of halogens is 2. The second-order valence-electron chi connectivity index (χ2n) is 3.49. The van der Waals surface area contributed by atoms with Crippen LogP contribution in [0.3, 0.4) is 0 Å². The van der Waals surface area contributed by atoms with Crippen molar-refractivity contribution in [3.05, 3.63) is 16.0 Å². The third-order valence-corrected chi connectivity index (χ3v) is 3.02. The molecule has 1 saturated carbocycles. The minimum Gasteiger partial charge on any atom is -0.369 e. The van der Waals surface area contributed by atoms with Crippen molar-refractivity contribution >= 4 is 33.3 Å². The molecule has 2 rings (SSSR count). The van der Waals surface area contributed by atoms with Crippen LogP contribution in [0, 0.1) is 5.92 Å². The van der Waals surface area contributed by atoms with E-state index in [1.807, 2.05) is 0 Å². The molecule has 14 heavy (non-hydrogen) atoms. The van der Waals surface area contributed by atoms with E-state index >= 15 is 0 Å². The summed E-state index contributed by atoms with van der Waals surface area (Å²) in [5.41, 5.74) is 0. The molecule has 76 valence electrons. The predicted octanol–water partition coefficient (Wildman–Crippen LogP) is 3.10. The molecule has 0 spiro atoms. The Kier molecular flexibility index (Phi) is 3.23. The van der Waals surface area contributed by atoms with Gasteiger partial charge < -0.3 is 5.32 Å². The molecule has 0 bridgehead atoms. The molecule has 0 amide bonds. The molecular formula is C9H11BrClN3. The van der Waals surface area contributed by atoms with Crippen LogP contribution in [0.2, 0.25) is 5.28 Å². The first-order valence-corrected chi connectivity index (χ1v) is 5.84. The minimum absolute atomic E-state index is 0.280. The largest absolute Gasteiger partial charge is 0.369 e. The highest BCUT2D eigenvalue weighted by molar-refractivity contribution is 9.10. The van der Waals surface area contributed by atoms with E-state index in [9.17, 15) is 0 Å². The van der Waals surface area contributed by atoms with E-state index in [-0.39, 0.29) is 5.28 Å². The fourth-order valence-corrected chi connectivity index (χ4v) is 1.74. The number of nitrogens with zero attached hydrogens (tertiary/aromatic N) is 2. The van der Waals surface area contributed by atoms with Crippen LogP contribution in [0.5, 0.6) is 0 Å². The monoisotopic (exact) mass is 275 g/mol. The van der Waals surface area contributed by atoms with Crippen LogP contribution in [0.1, 0.15) is 19.3 Å². The minimum atomic E-state index is 0.280. The summed E-state index contributed by atoms with van der Waals surface area (Å²) < 4.78 is 0.859. The smallest absolute Gasteiger partial charge is 0.224 e. The Bertz CT molecular complexity index is 328. The Balaban J connectivity index is 1.89. The van der Waals surface area contributed by atoms with Crippen LogP contribution < -0.4 is 5.32 Å². The normalized spacial score (nSPS) is 15.6. The fourth-order valence-electron chi connectivity index (χ4n) is 1.27. The van der Waals surface area contributed by atoms with Gasteiger partial charge in [0.25, 0.3) is 0 Å². The van der Waals surface area contributed by atoms with Gasteiger partial charge >= 0.3 is 0 Å². The summed E-state index contributed by atoms with van der Waals surface area (Å²) in [5, 5.41) is 3.52. The highest BCUT2D eigenvalue weighted by atomic mass is 79.9. The Hall–Kier alpha value is -0.350. The maximum atomic E-state index is 5.69. The van der Waals surface area contributed by atoms with Gasteiger partial charge in [-0.05, 0) is 39.9 Å². The molecule has 0 saturated heterocycles. The lowest BCUT2D eigenvalue weighted by atomic mass is 10.3. The summed E-state index contributed by atoms with van der Waals surface area (Å²) in [6, 6.07) is 0. The molecule has 0 atom stereocenters. The van der Waals surface area contributed by atoms with Gasteiger partial charge in [-0.25, -0.2) is 4.98 Å². The number of nitrogens with one attached hydrogen (secondary N) is 1. The first-order valence-electron chi connectivity index (χ1n) is 4.67. The SMILES string of the molecule is Clc1ncc(Br)c(NCCC2CC2)n1. The molecule has 0 aliphatic heterocycles. The third kappa shape index (κ3) is 2.82. The molecule has 0 aromatic carbocycles. The quantitative estimate of drug-likeness (QED) is 0.859.